The molecular formula is C29H32F3N3O10. The van der Waals surface area contributed by atoms with Crippen molar-refractivity contribution in [3.8, 4) is 0 Å². The van der Waals surface area contributed by atoms with Crippen molar-refractivity contribution in [2.45, 2.75) is 68.5 Å². The number of hydrogen-bond donors (Lipinski definition) is 2. The number of carbonyl (C=O) groups is 4. The molecule has 0 aromatic heterocycles. The van der Waals surface area contributed by atoms with E-state index < -0.39 is 72.5 Å². The number of nitrogens with one attached hydrogen (secondary N) is 1. The molecule has 2 amide bonds. The molecule has 1 saturated carbocycles. The average molecular weight is 640 g/mol. The number of aliphatic hydroxyl groups excluding tert-OH is 1. The molecule has 7 unspecified atom stereocenters. The number of likely N-dealkylation sites (tertiary alicyclic amines) is 1. The van der Waals surface area contributed by atoms with Gasteiger partial charge in [0.2, 0.25) is 11.8 Å². The summed E-state index contributed by atoms with van der Waals surface area (Å²) in [5, 5.41) is 13.2. The Balaban J connectivity index is 1.23. The van der Waals surface area contributed by atoms with Crippen LogP contribution in [0.5, 0.6) is 0 Å². The van der Waals surface area contributed by atoms with E-state index in [1.165, 1.54) is 16.0 Å². The zero-order chi connectivity index (χ0) is 31.9. The fourth-order valence-electron chi connectivity index (χ4n) is 6.94. The van der Waals surface area contributed by atoms with Gasteiger partial charge in [-0.15, -0.1) is 0 Å². The van der Waals surface area contributed by atoms with Gasteiger partial charge in [0, 0.05) is 25.6 Å². The lowest BCUT2D eigenvalue weighted by Gasteiger charge is -2.50. The SMILES string of the molecule is O=C(C=Cc1ccc(CN2OC3C4OCOC4C4CC3(C(=O)N3CCCC3C(=O)NCCO)C2C(=O)O4)cc1)OCC(F)(F)F. The van der Waals surface area contributed by atoms with Crippen LogP contribution in [0.25, 0.3) is 6.08 Å². The maximum Gasteiger partial charge on any atom is 0.422 e. The predicted octanol–water partition coefficient (Wildman–Crippen LogP) is 0.446. The molecule has 2 N–H and O–H groups in total. The van der Waals surface area contributed by atoms with Crippen LogP contribution in [-0.4, -0.2) is 115 Å². The monoisotopic (exact) mass is 639 g/mol. The second-order valence-electron chi connectivity index (χ2n) is 11.6. The summed E-state index contributed by atoms with van der Waals surface area (Å²) in [6.45, 7) is -1.59. The molecular weight excluding hydrogens is 607 g/mol. The van der Waals surface area contributed by atoms with Crippen LogP contribution in [0.2, 0.25) is 0 Å². The maximum atomic E-state index is 14.6. The molecule has 0 spiro atoms. The Bertz CT molecular complexity index is 1360. The Morgan fingerprint density at radius 3 is 2.64 bits per heavy atom. The van der Waals surface area contributed by atoms with Gasteiger partial charge < -0.3 is 34.3 Å². The summed E-state index contributed by atoms with van der Waals surface area (Å²) >= 11 is 0. The average Bonchev–Trinajstić information content (AvgIpc) is 3.76. The van der Waals surface area contributed by atoms with Crippen LogP contribution >= 0.6 is 0 Å². The van der Waals surface area contributed by atoms with E-state index in [4.69, 9.17) is 24.2 Å². The number of rotatable bonds is 9. The zero-order valence-electron chi connectivity index (χ0n) is 23.9. The van der Waals surface area contributed by atoms with Crippen molar-refractivity contribution in [3.05, 3.63) is 41.5 Å². The van der Waals surface area contributed by atoms with Gasteiger partial charge in [-0.05, 0) is 30.0 Å². The van der Waals surface area contributed by atoms with E-state index in [-0.39, 0.29) is 38.8 Å². The summed E-state index contributed by atoms with van der Waals surface area (Å²) in [7, 11) is 0. The third-order valence-corrected chi connectivity index (χ3v) is 8.81. The largest absolute Gasteiger partial charge is 0.458 e. The summed E-state index contributed by atoms with van der Waals surface area (Å²) in [5.74, 6) is -2.59. The first kappa shape index (κ1) is 31.4. The molecule has 45 heavy (non-hydrogen) atoms. The smallest absolute Gasteiger partial charge is 0.422 e. The van der Waals surface area contributed by atoms with Gasteiger partial charge in [0.25, 0.3) is 0 Å². The number of esters is 2. The van der Waals surface area contributed by atoms with Crippen LogP contribution in [0.1, 0.15) is 30.4 Å². The van der Waals surface area contributed by atoms with E-state index in [0.717, 1.165) is 6.08 Å². The molecule has 7 atom stereocenters. The molecule has 5 fully saturated rings. The highest BCUT2D eigenvalue weighted by atomic mass is 19.4. The fourth-order valence-corrected chi connectivity index (χ4v) is 6.94. The molecule has 1 aromatic rings. The second-order valence-corrected chi connectivity index (χ2v) is 11.6. The maximum absolute atomic E-state index is 14.6. The Kier molecular flexibility index (Phi) is 8.60. The first-order valence-corrected chi connectivity index (χ1v) is 14.6. The van der Waals surface area contributed by atoms with Crippen LogP contribution in [0.4, 0.5) is 13.2 Å². The Labute approximate surface area is 255 Å². The minimum atomic E-state index is -4.63. The Morgan fingerprint density at radius 1 is 1.16 bits per heavy atom. The minimum absolute atomic E-state index is 0.0463. The van der Waals surface area contributed by atoms with Gasteiger partial charge in [0.05, 0.1) is 13.2 Å². The summed E-state index contributed by atoms with van der Waals surface area (Å²) < 4.78 is 58.3. The minimum Gasteiger partial charge on any atom is -0.458 e. The molecule has 4 aliphatic heterocycles. The molecule has 4 saturated heterocycles. The quantitative estimate of drug-likeness (QED) is 0.286. The summed E-state index contributed by atoms with van der Waals surface area (Å²) in [6.07, 6.45) is -4.30. The first-order valence-electron chi connectivity index (χ1n) is 14.6. The van der Waals surface area contributed by atoms with Crippen LogP contribution in [0.3, 0.4) is 0 Å². The van der Waals surface area contributed by atoms with Gasteiger partial charge in [-0.2, -0.15) is 18.2 Å². The van der Waals surface area contributed by atoms with Gasteiger partial charge >= 0.3 is 18.1 Å². The number of benzene rings is 1. The van der Waals surface area contributed by atoms with Crippen LogP contribution < -0.4 is 5.32 Å². The van der Waals surface area contributed by atoms with E-state index in [1.54, 1.807) is 24.3 Å². The van der Waals surface area contributed by atoms with Crippen LogP contribution in [0.15, 0.2) is 30.3 Å². The summed E-state index contributed by atoms with van der Waals surface area (Å²) in [6, 6.07) is 4.67. The van der Waals surface area contributed by atoms with E-state index in [1.807, 2.05) is 0 Å². The fraction of sp³-hybridized carbons (Fsp3) is 0.586. The second kappa shape index (κ2) is 12.3. The molecule has 4 heterocycles. The molecule has 1 aromatic carbocycles. The Morgan fingerprint density at radius 2 is 1.91 bits per heavy atom. The zero-order valence-corrected chi connectivity index (χ0v) is 23.9. The third-order valence-electron chi connectivity index (χ3n) is 8.81. The lowest BCUT2D eigenvalue weighted by atomic mass is 9.62. The molecule has 13 nitrogen and oxygen atoms in total. The topological polar surface area (TPSA) is 153 Å². The number of nitrogens with zero attached hydrogens (tertiary/aromatic N) is 2. The van der Waals surface area contributed by atoms with Crippen molar-refractivity contribution in [2.75, 3.05) is 33.1 Å². The van der Waals surface area contributed by atoms with Crippen molar-refractivity contribution >= 4 is 29.8 Å². The van der Waals surface area contributed by atoms with Crippen molar-refractivity contribution in [1.29, 1.82) is 0 Å². The predicted molar refractivity (Wildman–Crippen MR) is 143 cm³/mol. The van der Waals surface area contributed by atoms with E-state index in [2.05, 4.69) is 10.1 Å². The molecule has 0 radical (unpaired) electrons. The normalized spacial score (nSPS) is 32.4. The molecule has 1 aliphatic carbocycles. The number of ether oxygens (including phenoxy) is 4. The van der Waals surface area contributed by atoms with Gasteiger partial charge in [-0.3, -0.25) is 19.2 Å². The molecule has 244 valence electrons. The lowest BCUT2D eigenvalue weighted by Crippen LogP contribution is -2.70. The van der Waals surface area contributed by atoms with Gasteiger partial charge in [-0.1, -0.05) is 24.3 Å². The first-order chi connectivity index (χ1) is 21.5. The van der Waals surface area contributed by atoms with Crippen molar-refractivity contribution in [3.63, 3.8) is 0 Å². The standard InChI is InChI=1S/C29H32F3N3O10/c30-29(31,32)14-41-20(37)8-7-16-3-5-17(6-4-16)13-35-23-26(39)44-19-12-28(23,24(45-35)22-21(19)42-15-43-22)27(40)34-10-1-2-18(34)25(38)33-9-11-36/h3-8,18-19,21-24,36H,1-2,9-15H2,(H,33,38). The number of hydrogen-bond acceptors (Lipinski definition) is 11. The molecule has 2 bridgehead atoms. The third kappa shape index (κ3) is 5.92. The molecule has 6 rings (SSSR count). The number of hydroxylamine groups is 2. The lowest BCUT2D eigenvalue weighted by molar-refractivity contribution is -0.204. The summed E-state index contributed by atoms with van der Waals surface area (Å²) in [4.78, 5) is 60.6. The number of alkyl halides is 3. The van der Waals surface area contributed by atoms with Crippen LogP contribution in [0, 0.1) is 5.41 Å². The number of carbonyl (C=O) groups excluding carboxylic acids is 4. The van der Waals surface area contributed by atoms with Crippen molar-refractivity contribution < 1.29 is 61.2 Å². The van der Waals surface area contributed by atoms with Gasteiger partial charge in [-0.25, -0.2) is 4.79 Å². The number of aliphatic hydroxyl groups is 1. The van der Waals surface area contributed by atoms with Crippen LogP contribution in [-0.2, 0) is 49.5 Å². The van der Waals surface area contributed by atoms with E-state index in [0.29, 0.717) is 30.5 Å². The number of halogens is 3. The number of fused-ring (bicyclic) bond motifs is 4. The molecule has 5 aliphatic rings. The van der Waals surface area contributed by atoms with Gasteiger partial charge in [0.15, 0.2) is 12.6 Å². The van der Waals surface area contributed by atoms with E-state index >= 15 is 0 Å². The van der Waals surface area contributed by atoms with Gasteiger partial charge in [0.1, 0.15) is 42.7 Å². The van der Waals surface area contributed by atoms with Crippen molar-refractivity contribution in [2.24, 2.45) is 5.41 Å². The number of amides is 2. The highest BCUT2D eigenvalue weighted by molar-refractivity contribution is 5.96. The highest BCUT2D eigenvalue weighted by Crippen LogP contribution is 2.56. The summed E-state index contributed by atoms with van der Waals surface area (Å²) in [5.41, 5.74) is -0.261. The highest BCUT2D eigenvalue weighted by Gasteiger charge is 2.75. The Hall–Kier alpha value is -3.57. The van der Waals surface area contributed by atoms with Crippen molar-refractivity contribution in [1.82, 2.24) is 15.3 Å². The molecule has 16 heteroatoms. The van der Waals surface area contributed by atoms with E-state index in [9.17, 15) is 32.3 Å².